The fourth-order valence-electron chi connectivity index (χ4n) is 2.47. The van der Waals surface area contributed by atoms with E-state index in [1.807, 2.05) is 0 Å². The highest BCUT2D eigenvalue weighted by Crippen LogP contribution is 2.20. The van der Waals surface area contributed by atoms with Crippen LogP contribution < -0.4 is 21.3 Å². The lowest BCUT2D eigenvalue weighted by Gasteiger charge is -2.16. The molecule has 2 aromatic rings. The number of rotatable bonds is 6. The van der Waals surface area contributed by atoms with Gasteiger partial charge in [-0.15, -0.1) is 0 Å². The maximum absolute atomic E-state index is 13.6. The number of anilines is 3. The molecule has 0 aromatic heterocycles. The molecule has 1 aliphatic carbocycles. The molecule has 0 aliphatic heterocycles. The van der Waals surface area contributed by atoms with Crippen LogP contribution in [0.2, 0.25) is 0 Å². The molecule has 3 rings (SSSR count). The zero-order valence-electron chi connectivity index (χ0n) is 15.3. The Bertz CT molecular complexity index is 834. The van der Waals surface area contributed by atoms with Gasteiger partial charge in [-0.05, 0) is 68.7 Å². The van der Waals surface area contributed by atoms with Gasteiger partial charge in [-0.1, -0.05) is 6.07 Å². The summed E-state index contributed by atoms with van der Waals surface area (Å²) in [7, 11) is 0. The summed E-state index contributed by atoms with van der Waals surface area (Å²) in [6.45, 7) is 3.38. The molecular weight excluding hydrogens is 347 g/mol. The maximum atomic E-state index is 13.6. The predicted octanol–water partition coefficient (Wildman–Crippen LogP) is 3.86. The molecule has 0 spiro atoms. The van der Waals surface area contributed by atoms with Crippen LogP contribution in [0, 0.1) is 12.7 Å². The number of carbonyl (C=O) groups is 2. The third-order valence-corrected chi connectivity index (χ3v) is 4.27. The van der Waals surface area contributed by atoms with Gasteiger partial charge in [0.2, 0.25) is 5.91 Å². The molecule has 0 bridgehead atoms. The fourth-order valence-corrected chi connectivity index (χ4v) is 2.47. The molecule has 1 unspecified atom stereocenters. The maximum Gasteiger partial charge on any atom is 0.319 e. The molecule has 1 aliphatic rings. The van der Waals surface area contributed by atoms with Gasteiger partial charge in [-0.2, -0.15) is 0 Å². The van der Waals surface area contributed by atoms with Crippen LogP contribution in [-0.4, -0.2) is 24.0 Å². The standard InChI is InChI=1S/C20H23FN4O2/c1-12-3-4-17(11-18(12)21)23-19(26)13(2)22-14-5-7-15(8-6-14)24-20(27)25-16-9-10-16/h3-8,11,13,16,22H,9-10H2,1-2H3,(H,23,26)(H2,24,25,27). The van der Waals surface area contributed by atoms with Crippen LogP contribution >= 0.6 is 0 Å². The summed E-state index contributed by atoms with van der Waals surface area (Å²) in [6, 6.07) is 11.2. The number of amides is 3. The molecule has 2 aromatic carbocycles. The quantitative estimate of drug-likeness (QED) is 0.623. The molecule has 1 fully saturated rings. The molecule has 1 saturated carbocycles. The Morgan fingerprint density at radius 2 is 1.63 bits per heavy atom. The molecule has 142 valence electrons. The smallest absolute Gasteiger partial charge is 0.319 e. The van der Waals surface area contributed by atoms with Crippen LogP contribution in [0.3, 0.4) is 0 Å². The van der Waals surface area contributed by atoms with E-state index in [9.17, 15) is 14.0 Å². The largest absolute Gasteiger partial charge is 0.374 e. The first-order valence-electron chi connectivity index (χ1n) is 8.92. The molecule has 1 atom stereocenters. The second-order valence-electron chi connectivity index (χ2n) is 6.77. The van der Waals surface area contributed by atoms with E-state index in [4.69, 9.17) is 0 Å². The number of hydrogen-bond donors (Lipinski definition) is 4. The molecule has 7 heteroatoms. The minimum absolute atomic E-state index is 0.212. The monoisotopic (exact) mass is 370 g/mol. The van der Waals surface area contributed by atoms with Crippen LogP contribution in [0.15, 0.2) is 42.5 Å². The van der Waals surface area contributed by atoms with Crippen molar-refractivity contribution < 1.29 is 14.0 Å². The number of benzene rings is 2. The number of nitrogens with one attached hydrogen (secondary N) is 4. The van der Waals surface area contributed by atoms with E-state index < -0.39 is 6.04 Å². The van der Waals surface area contributed by atoms with Crippen molar-refractivity contribution in [3.63, 3.8) is 0 Å². The number of aryl methyl sites for hydroxylation is 1. The minimum atomic E-state index is -0.522. The predicted molar refractivity (Wildman–Crippen MR) is 104 cm³/mol. The highest BCUT2D eigenvalue weighted by Gasteiger charge is 2.23. The van der Waals surface area contributed by atoms with Crippen LogP contribution in [0.25, 0.3) is 0 Å². The number of urea groups is 1. The van der Waals surface area contributed by atoms with E-state index >= 15 is 0 Å². The van der Waals surface area contributed by atoms with Crippen molar-refractivity contribution in [2.24, 2.45) is 0 Å². The van der Waals surface area contributed by atoms with Gasteiger partial charge in [-0.3, -0.25) is 4.79 Å². The number of halogens is 1. The topological polar surface area (TPSA) is 82.3 Å². The van der Waals surface area contributed by atoms with Gasteiger partial charge < -0.3 is 21.3 Å². The molecule has 27 heavy (non-hydrogen) atoms. The second kappa shape index (κ2) is 8.07. The van der Waals surface area contributed by atoms with E-state index in [1.54, 1.807) is 50.2 Å². The van der Waals surface area contributed by atoms with Gasteiger partial charge in [-0.25, -0.2) is 9.18 Å². The van der Waals surface area contributed by atoms with Gasteiger partial charge in [0, 0.05) is 23.1 Å². The van der Waals surface area contributed by atoms with E-state index in [0.29, 0.717) is 23.0 Å². The van der Waals surface area contributed by atoms with Crippen LogP contribution in [-0.2, 0) is 4.79 Å². The van der Waals surface area contributed by atoms with Crippen LogP contribution in [0.5, 0.6) is 0 Å². The van der Waals surface area contributed by atoms with Crippen molar-refractivity contribution in [1.29, 1.82) is 0 Å². The fraction of sp³-hybridized carbons (Fsp3) is 0.300. The first-order valence-corrected chi connectivity index (χ1v) is 8.92. The van der Waals surface area contributed by atoms with Crippen molar-refractivity contribution >= 4 is 29.0 Å². The van der Waals surface area contributed by atoms with Crippen molar-refractivity contribution in [1.82, 2.24) is 5.32 Å². The molecule has 3 amide bonds. The Kier molecular flexibility index (Phi) is 5.59. The Morgan fingerprint density at radius 3 is 2.26 bits per heavy atom. The first-order chi connectivity index (χ1) is 12.9. The van der Waals surface area contributed by atoms with Crippen molar-refractivity contribution in [3.8, 4) is 0 Å². The molecule has 0 saturated heterocycles. The van der Waals surface area contributed by atoms with E-state index in [-0.39, 0.29) is 17.8 Å². The third kappa shape index (κ3) is 5.44. The molecule has 6 nitrogen and oxygen atoms in total. The zero-order valence-corrected chi connectivity index (χ0v) is 15.3. The second-order valence-corrected chi connectivity index (χ2v) is 6.77. The van der Waals surface area contributed by atoms with Crippen molar-refractivity contribution in [2.75, 3.05) is 16.0 Å². The van der Waals surface area contributed by atoms with E-state index in [2.05, 4.69) is 21.3 Å². The SMILES string of the molecule is Cc1ccc(NC(=O)C(C)Nc2ccc(NC(=O)NC3CC3)cc2)cc1F. The first kappa shape index (κ1) is 18.7. The summed E-state index contributed by atoms with van der Waals surface area (Å²) in [6.07, 6.45) is 2.07. The highest BCUT2D eigenvalue weighted by molar-refractivity contribution is 5.96. The van der Waals surface area contributed by atoms with Crippen LogP contribution in [0.1, 0.15) is 25.3 Å². The Labute approximate surface area is 157 Å². The third-order valence-electron chi connectivity index (χ3n) is 4.27. The molecule has 0 heterocycles. The lowest BCUT2D eigenvalue weighted by Crippen LogP contribution is -2.32. The van der Waals surface area contributed by atoms with Gasteiger partial charge in [0.1, 0.15) is 11.9 Å². The normalized spacial score (nSPS) is 14.2. The summed E-state index contributed by atoms with van der Waals surface area (Å²) in [5.74, 6) is -0.633. The van der Waals surface area contributed by atoms with E-state index in [0.717, 1.165) is 18.5 Å². The lowest BCUT2D eigenvalue weighted by atomic mass is 10.2. The lowest BCUT2D eigenvalue weighted by molar-refractivity contribution is -0.116. The van der Waals surface area contributed by atoms with Crippen molar-refractivity contribution in [3.05, 3.63) is 53.8 Å². The van der Waals surface area contributed by atoms with Crippen molar-refractivity contribution in [2.45, 2.75) is 38.8 Å². The zero-order chi connectivity index (χ0) is 19.4. The van der Waals surface area contributed by atoms with E-state index in [1.165, 1.54) is 6.07 Å². The van der Waals surface area contributed by atoms with Crippen LogP contribution in [0.4, 0.5) is 26.2 Å². The average Bonchev–Trinajstić information content (AvgIpc) is 3.43. The molecular formula is C20H23FN4O2. The Morgan fingerprint density at radius 1 is 1.00 bits per heavy atom. The Hall–Kier alpha value is -3.09. The summed E-state index contributed by atoms with van der Waals surface area (Å²) in [4.78, 5) is 24.0. The highest BCUT2D eigenvalue weighted by atomic mass is 19.1. The summed E-state index contributed by atoms with van der Waals surface area (Å²) >= 11 is 0. The summed E-state index contributed by atoms with van der Waals surface area (Å²) < 4.78 is 13.6. The Balaban J connectivity index is 1.51. The summed E-state index contributed by atoms with van der Waals surface area (Å²) in [5.41, 5.74) is 2.35. The minimum Gasteiger partial charge on any atom is -0.374 e. The molecule has 4 N–H and O–H groups in total. The number of hydrogen-bond acceptors (Lipinski definition) is 3. The van der Waals surface area contributed by atoms with Gasteiger partial charge >= 0.3 is 6.03 Å². The molecule has 0 radical (unpaired) electrons. The summed E-state index contributed by atoms with van der Waals surface area (Å²) in [5, 5.41) is 11.4. The van der Waals surface area contributed by atoms with Gasteiger partial charge in [0.15, 0.2) is 0 Å². The number of carbonyl (C=O) groups excluding carboxylic acids is 2. The average molecular weight is 370 g/mol. The van der Waals surface area contributed by atoms with Gasteiger partial charge in [0.25, 0.3) is 0 Å². The van der Waals surface area contributed by atoms with Gasteiger partial charge in [0.05, 0.1) is 0 Å².